The Hall–Kier alpha value is -0.110. The highest BCUT2D eigenvalue weighted by atomic mass is 19.1. The number of hydrogen-bond donors (Lipinski definition) is 0. The van der Waals surface area contributed by atoms with Crippen LogP contribution >= 0.6 is 0 Å². The predicted molar refractivity (Wildman–Crippen MR) is 38.6 cm³/mol. The molecule has 2 saturated heterocycles. The summed E-state index contributed by atoms with van der Waals surface area (Å²) in [5.74, 6) is 0.660. The smallest absolute Gasteiger partial charge is 0.116 e. The molecule has 3 rings (SSSR count). The van der Waals surface area contributed by atoms with E-state index in [4.69, 9.17) is 0 Å². The molecule has 0 radical (unpaired) electrons. The van der Waals surface area contributed by atoms with E-state index in [2.05, 4.69) is 11.9 Å². The molecule has 0 aromatic carbocycles. The Kier molecular flexibility index (Phi) is 1.14. The van der Waals surface area contributed by atoms with Gasteiger partial charge < -0.3 is 4.90 Å². The van der Waals surface area contributed by atoms with Crippen molar-refractivity contribution < 1.29 is 4.39 Å². The fourth-order valence-corrected chi connectivity index (χ4v) is 2.31. The quantitative estimate of drug-likeness (QED) is 0.494. The molecule has 2 atom stereocenters. The summed E-state index contributed by atoms with van der Waals surface area (Å²) in [7, 11) is 2.08. The first-order valence-electron chi connectivity index (χ1n) is 3.98. The zero-order valence-corrected chi connectivity index (χ0v) is 6.60. The molecule has 0 aromatic rings. The van der Waals surface area contributed by atoms with E-state index >= 15 is 0 Å². The fourth-order valence-electron chi connectivity index (χ4n) is 2.31. The molecule has 2 heterocycles. The number of alkyl halides is 1. The van der Waals surface area contributed by atoms with Crippen molar-refractivity contribution in [2.45, 2.75) is 19.0 Å². The van der Waals surface area contributed by atoms with Gasteiger partial charge in [0.25, 0.3) is 0 Å². The second kappa shape index (κ2) is 1.73. The van der Waals surface area contributed by atoms with Crippen LogP contribution in [0.4, 0.5) is 4.39 Å². The maximum absolute atomic E-state index is 13.5. The topological polar surface area (TPSA) is 3.24 Å². The van der Waals surface area contributed by atoms with Gasteiger partial charge in [0.15, 0.2) is 0 Å². The van der Waals surface area contributed by atoms with Crippen LogP contribution in [0.1, 0.15) is 13.3 Å². The third kappa shape index (κ3) is 0.656. The van der Waals surface area contributed by atoms with Gasteiger partial charge in [-0.3, -0.25) is 0 Å². The molecule has 3 aliphatic rings. The Morgan fingerprint density at radius 3 is 2.20 bits per heavy atom. The van der Waals surface area contributed by atoms with Gasteiger partial charge in [-0.2, -0.15) is 0 Å². The van der Waals surface area contributed by atoms with Crippen molar-refractivity contribution in [2.24, 2.45) is 11.8 Å². The van der Waals surface area contributed by atoms with Crippen molar-refractivity contribution in [3.8, 4) is 0 Å². The molecule has 58 valence electrons. The van der Waals surface area contributed by atoms with Crippen LogP contribution in [0.15, 0.2) is 0 Å². The summed E-state index contributed by atoms with van der Waals surface area (Å²) in [6, 6.07) is 0. The summed E-state index contributed by atoms with van der Waals surface area (Å²) in [4.78, 5) is 2.24. The van der Waals surface area contributed by atoms with E-state index < -0.39 is 5.67 Å². The molecular formula is C8H14FN. The monoisotopic (exact) mass is 143 g/mol. The molecule has 2 unspecified atom stereocenters. The van der Waals surface area contributed by atoms with E-state index in [-0.39, 0.29) is 0 Å². The Labute approximate surface area is 61.2 Å². The van der Waals surface area contributed by atoms with E-state index in [9.17, 15) is 4.39 Å². The standard InChI is InChI=1S/C8H14FN/c1-8(9)6-3-7(8)5-10(2)4-6/h6-7H,3-5H2,1-2H3. The first-order chi connectivity index (χ1) is 4.60. The molecule has 1 saturated carbocycles. The Morgan fingerprint density at radius 1 is 1.40 bits per heavy atom. The van der Waals surface area contributed by atoms with Crippen LogP contribution in [-0.4, -0.2) is 30.7 Å². The second-order valence-electron chi connectivity index (χ2n) is 4.00. The first-order valence-corrected chi connectivity index (χ1v) is 3.98. The summed E-state index contributed by atoms with van der Waals surface area (Å²) in [6.07, 6.45) is 1.12. The maximum Gasteiger partial charge on any atom is 0.116 e. The number of nitrogens with zero attached hydrogens (tertiary/aromatic N) is 1. The predicted octanol–water partition coefficient (Wildman–Crippen LogP) is 1.30. The zero-order valence-electron chi connectivity index (χ0n) is 6.60. The molecule has 0 spiro atoms. The van der Waals surface area contributed by atoms with Crippen LogP contribution < -0.4 is 0 Å². The van der Waals surface area contributed by atoms with E-state index in [0.29, 0.717) is 11.8 Å². The first kappa shape index (κ1) is 6.59. The highest BCUT2D eigenvalue weighted by Crippen LogP contribution is 2.50. The SMILES string of the molecule is CN1CC2CC(C1)C2(C)F. The Bertz CT molecular complexity index is 141. The molecule has 10 heavy (non-hydrogen) atoms. The molecule has 0 amide bonds. The van der Waals surface area contributed by atoms with Crippen molar-refractivity contribution in [2.75, 3.05) is 20.1 Å². The summed E-state index contributed by atoms with van der Waals surface area (Å²) in [5, 5.41) is 0. The van der Waals surface area contributed by atoms with Gasteiger partial charge in [0, 0.05) is 24.9 Å². The lowest BCUT2D eigenvalue weighted by molar-refractivity contribution is -0.128. The van der Waals surface area contributed by atoms with E-state index in [1.54, 1.807) is 6.92 Å². The normalized spacial score (nSPS) is 54.3. The fraction of sp³-hybridized carbons (Fsp3) is 1.00. The third-order valence-corrected chi connectivity index (χ3v) is 3.23. The van der Waals surface area contributed by atoms with Crippen LogP contribution in [-0.2, 0) is 0 Å². The highest BCUT2D eigenvalue weighted by molar-refractivity contribution is 5.05. The zero-order chi connectivity index (χ0) is 7.35. The molecular weight excluding hydrogens is 129 g/mol. The van der Waals surface area contributed by atoms with Gasteiger partial charge in [-0.15, -0.1) is 0 Å². The van der Waals surface area contributed by atoms with Crippen molar-refractivity contribution in [3.05, 3.63) is 0 Å². The Morgan fingerprint density at radius 2 is 1.90 bits per heavy atom. The van der Waals surface area contributed by atoms with E-state index in [1.165, 1.54) is 0 Å². The van der Waals surface area contributed by atoms with Crippen molar-refractivity contribution in [3.63, 3.8) is 0 Å². The minimum Gasteiger partial charge on any atom is -0.306 e. The van der Waals surface area contributed by atoms with Crippen molar-refractivity contribution in [1.29, 1.82) is 0 Å². The number of rotatable bonds is 0. The summed E-state index contributed by atoms with van der Waals surface area (Å²) in [6.45, 7) is 3.69. The molecule has 0 N–H and O–H groups in total. The van der Waals surface area contributed by atoms with Crippen LogP contribution in [0.3, 0.4) is 0 Å². The largest absolute Gasteiger partial charge is 0.306 e. The average molecular weight is 143 g/mol. The molecule has 0 aromatic heterocycles. The van der Waals surface area contributed by atoms with Gasteiger partial charge in [0.2, 0.25) is 0 Å². The number of fused-ring (bicyclic) bond motifs is 2. The lowest BCUT2D eigenvalue weighted by atomic mass is 9.60. The van der Waals surface area contributed by atoms with E-state index in [0.717, 1.165) is 19.5 Å². The maximum atomic E-state index is 13.5. The van der Waals surface area contributed by atoms with Gasteiger partial charge in [0.1, 0.15) is 5.67 Å². The average Bonchev–Trinajstić information content (AvgIpc) is 1.87. The molecule has 2 bridgehead atoms. The molecule has 2 heteroatoms. The van der Waals surface area contributed by atoms with E-state index in [1.807, 2.05) is 0 Å². The number of halogens is 1. The van der Waals surface area contributed by atoms with Crippen LogP contribution in [0.5, 0.6) is 0 Å². The lowest BCUT2D eigenvalue weighted by Crippen LogP contribution is -2.62. The minimum absolute atomic E-state index is 0.330. The highest BCUT2D eigenvalue weighted by Gasteiger charge is 2.55. The number of hydrogen-bond acceptors (Lipinski definition) is 1. The van der Waals surface area contributed by atoms with Crippen LogP contribution in [0.2, 0.25) is 0 Å². The third-order valence-electron chi connectivity index (χ3n) is 3.23. The molecule has 1 aliphatic carbocycles. The van der Waals surface area contributed by atoms with Crippen molar-refractivity contribution >= 4 is 0 Å². The molecule has 3 fully saturated rings. The second-order valence-corrected chi connectivity index (χ2v) is 4.00. The lowest BCUT2D eigenvalue weighted by Gasteiger charge is -2.55. The van der Waals surface area contributed by atoms with Crippen LogP contribution in [0, 0.1) is 11.8 Å². The van der Waals surface area contributed by atoms with Gasteiger partial charge in [-0.25, -0.2) is 4.39 Å². The number of piperidine rings is 2. The van der Waals surface area contributed by atoms with Gasteiger partial charge in [-0.1, -0.05) is 0 Å². The summed E-state index contributed by atoms with van der Waals surface area (Å²) >= 11 is 0. The minimum atomic E-state index is -0.827. The van der Waals surface area contributed by atoms with Gasteiger partial charge >= 0.3 is 0 Å². The van der Waals surface area contributed by atoms with Gasteiger partial charge in [0.05, 0.1) is 0 Å². The summed E-state index contributed by atoms with van der Waals surface area (Å²) in [5.41, 5.74) is -0.827. The van der Waals surface area contributed by atoms with Crippen molar-refractivity contribution in [1.82, 2.24) is 4.90 Å². The summed E-state index contributed by atoms with van der Waals surface area (Å²) < 4.78 is 13.5. The molecule has 2 aliphatic heterocycles. The van der Waals surface area contributed by atoms with Gasteiger partial charge in [-0.05, 0) is 20.4 Å². The van der Waals surface area contributed by atoms with Crippen LogP contribution in [0.25, 0.3) is 0 Å². The Balaban J connectivity index is 2.10. The molecule has 1 nitrogen and oxygen atoms in total.